The van der Waals surface area contributed by atoms with Crippen LogP contribution in [0.1, 0.15) is 24.0 Å². The third-order valence-electron chi connectivity index (χ3n) is 5.62. The smallest absolute Gasteiger partial charge is 0.279 e. The Bertz CT molecular complexity index is 678. The van der Waals surface area contributed by atoms with Crippen molar-refractivity contribution in [2.75, 3.05) is 39.4 Å². The maximum atomic E-state index is 12.6. The molecule has 0 spiro atoms. The Morgan fingerprint density at radius 3 is 2.40 bits per heavy atom. The third kappa shape index (κ3) is 3.90. The molecular formula is C18H27N3O3S. The Labute approximate surface area is 150 Å². The number of hydrogen-bond donors (Lipinski definition) is 1. The van der Waals surface area contributed by atoms with Crippen molar-refractivity contribution >= 4 is 10.2 Å². The van der Waals surface area contributed by atoms with Crippen molar-refractivity contribution in [1.29, 1.82) is 0 Å². The van der Waals surface area contributed by atoms with E-state index < -0.39 is 10.2 Å². The van der Waals surface area contributed by atoms with Gasteiger partial charge in [0.25, 0.3) is 10.2 Å². The summed E-state index contributed by atoms with van der Waals surface area (Å²) in [6.45, 7) is 3.74. The Kier molecular flexibility index (Phi) is 5.11. The number of piperidine rings is 1. The number of rotatable bonds is 4. The second-order valence-electron chi connectivity index (χ2n) is 7.30. The minimum absolute atomic E-state index is 0.00491. The van der Waals surface area contributed by atoms with Gasteiger partial charge < -0.3 is 4.74 Å². The van der Waals surface area contributed by atoms with Crippen molar-refractivity contribution in [3.05, 3.63) is 35.4 Å². The van der Waals surface area contributed by atoms with Gasteiger partial charge in [0.2, 0.25) is 0 Å². The van der Waals surface area contributed by atoms with E-state index >= 15 is 0 Å². The zero-order valence-electron chi connectivity index (χ0n) is 14.6. The van der Waals surface area contributed by atoms with Gasteiger partial charge in [0, 0.05) is 31.7 Å². The molecule has 1 atom stereocenters. The summed E-state index contributed by atoms with van der Waals surface area (Å²) >= 11 is 0. The Morgan fingerprint density at radius 2 is 1.72 bits per heavy atom. The van der Waals surface area contributed by atoms with Gasteiger partial charge in [-0.1, -0.05) is 24.3 Å². The van der Waals surface area contributed by atoms with Crippen LogP contribution >= 0.6 is 0 Å². The average molecular weight is 365 g/mol. The lowest BCUT2D eigenvalue weighted by Crippen LogP contribution is -2.55. The number of nitrogens with zero attached hydrogens (tertiary/aromatic N) is 2. The number of ether oxygens (including phenoxy) is 1. The SMILES string of the molecule is O=S(=O)(N[C@H]1CCCN(C2Cc3ccccc3C2)C1)N1CCOCC1. The van der Waals surface area contributed by atoms with Crippen LogP contribution < -0.4 is 4.72 Å². The Hall–Kier alpha value is -0.990. The topological polar surface area (TPSA) is 61.9 Å². The van der Waals surface area contributed by atoms with E-state index in [0.29, 0.717) is 32.3 Å². The standard InChI is InChI=1S/C18H27N3O3S/c22-25(23,21-8-10-24-11-9-21)19-17-6-3-7-20(14-17)18-12-15-4-1-2-5-16(15)13-18/h1-2,4-5,17-19H,3,6-14H2/t17-/m0/s1. The van der Waals surface area contributed by atoms with Crippen molar-refractivity contribution < 1.29 is 13.2 Å². The number of benzene rings is 1. The van der Waals surface area contributed by atoms with Crippen LogP contribution in [0.4, 0.5) is 0 Å². The molecule has 6 nitrogen and oxygen atoms in total. The number of fused-ring (bicyclic) bond motifs is 1. The molecule has 2 aliphatic heterocycles. The van der Waals surface area contributed by atoms with Crippen LogP contribution in [0.3, 0.4) is 0 Å². The molecule has 0 amide bonds. The summed E-state index contributed by atoms with van der Waals surface area (Å²) in [4.78, 5) is 2.48. The lowest BCUT2D eigenvalue weighted by atomic mass is 10.0. The molecule has 1 aliphatic carbocycles. The second-order valence-corrected chi connectivity index (χ2v) is 9.00. The van der Waals surface area contributed by atoms with E-state index in [9.17, 15) is 8.42 Å². The number of likely N-dealkylation sites (tertiary alicyclic amines) is 1. The summed E-state index contributed by atoms with van der Waals surface area (Å²) in [7, 11) is -3.41. The number of hydrogen-bond acceptors (Lipinski definition) is 4. The normalized spacial score (nSPS) is 26.6. The molecule has 0 aromatic heterocycles. The first-order valence-electron chi connectivity index (χ1n) is 9.28. The van der Waals surface area contributed by atoms with Crippen molar-refractivity contribution in [3.8, 4) is 0 Å². The van der Waals surface area contributed by atoms with Gasteiger partial charge in [-0.15, -0.1) is 0 Å². The lowest BCUT2D eigenvalue weighted by Gasteiger charge is -2.38. The summed E-state index contributed by atoms with van der Waals surface area (Å²) in [6, 6.07) is 9.17. The highest BCUT2D eigenvalue weighted by Crippen LogP contribution is 2.27. The molecule has 2 heterocycles. The lowest BCUT2D eigenvalue weighted by molar-refractivity contribution is 0.0717. The minimum Gasteiger partial charge on any atom is -0.379 e. The molecule has 25 heavy (non-hydrogen) atoms. The first kappa shape index (κ1) is 17.4. The van der Waals surface area contributed by atoms with E-state index in [-0.39, 0.29) is 6.04 Å². The Morgan fingerprint density at radius 1 is 1.04 bits per heavy atom. The van der Waals surface area contributed by atoms with E-state index in [1.165, 1.54) is 15.4 Å². The largest absolute Gasteiger partial charge is 0.379 e. The molecule has 3 aliphatic rings. The highest BCUT2D eigenvalue weighted by molar-refractivity contribution is 7.87. The van der Waals surface area contributed by atoms with Crippen LogP contribution in [-0.4, -0.2) is 69.1 Å². The van der Waals surface area contributed by atoms with Crippen molar-refractivity contribution in [2.45, 2.75) is 37.8 Å². The molecule has 0 radical (unpaired) electrons. The molecule has 0 unspecified atom stereocenters. The average Bonchev–Trinajstić information content (AvgIpc) is 3.07. The first-order valence-corrected chi connectivity index (χ1v) is 10.7. The number of morpholine rings is 1. The maximum Gasteiger partial charge on any atom is 0.279 e. The van der Waals surface area contributed by atoms with Crippen LogP contribution in [0.15, 0.2) is 24.3 Å². The van der Waals surface area contributed by atoms with Crippen LogP contribution in [0.2, 0.25) is 0 Å². The van der Waals surface area contributed by atoms with E-state index in [2.05, 4.69) is 33.9 Å². The zero-order valence-corrected chi connectivity index (χ0v) is 15.4. The summed E-state index contributed by atoms with van der Waals surface area (Å²) in [6.07, 6.45) is 4.13. The zero-order chi connectivity index (χ0) is 17.3. The van der Waals surface area contributed by atoms with Crippen LogP contribution in [0.25, 0.3) is 0 Å². The summed E-state index contributed by atoms with van der Waals surface area (Å²) in [5.74, 6) is 0. The number of nitrogens with one attached hydrogen (secondary N) is 1. The molecule has 1 N–H and O–H groups in total. The molecule has 7 heteroatoms. The molecule has 2 saturated heterocycles. The van der Waals surface area contributed by atoms with Gasteiger partial charge in [0.05, 0.1) is 13.2 Å². The maximum absolute atomic E-state index is 12.6. The molecule has 0 saturated carbocycles. The second kappa shape index (κ2) is 7.32. The fourth-order valence-electron chi connectivity index (χ4n) is 4.30. The van der Waals surface area contributed by atoms with Gasteiger partial charge in [0.15, 0.2) is 0 Å². The summed E-state index contributed by atoms with van der Waals surface area (Å²) in [5, 5.41) is 0. The third-order valence-corrected chi connectivity index (χ3v) is 7.30. The highest BCUT2D eigenvalue weighted by atomic mass is 32.2. The van der Waals surface area contributed by atoms with Gasteiger partial charge in [-0.05, 0) is 43.4 Å². The molecule has 1 aromatic carbocycles. The first-order chi connectivity index (χ1) is 12.1. The van der Waals surface area contributed by atoms with Gasteiger partial charge in [-0.3, -0.25) is 4.90 Å². The minimum atomic E-state index is -3.41. The fraction of sp³-hybridized carbons (Fsp3) is 0.667. The van der Waals surface area contributed by atoms with Crippen molar-refractivity contribution in [2.24, 2.45) is 0 Å². The monoisotopic (exact) mass is 365 g/mol. The van der Waals surface area contributed by atoms with Crippen LogP contribution in [-0.2, 0) is 27.8 Å². The predicted octanol–water partition coefficient (Wildman–Crippen LogP) is 0.785. The van der Waals surface area contributed by atoms with E-state index in [0.717, 1.165) is 38.8 Å². The van der Waals surface area contributed by atoms with Gasteiger partial charge >= 0.3 is 0 Å². The van der Waals surface area contributed by atoms with Crippen molar-refractivity contribution in [1.82, 2.24) is 13.9 Å². The molecule has 138 valence electrons. The molecule has 1 aromatic rings. The van der Waals surface area contributed by atoms with E-state index in [1.807, 2.05) is 0 Å². The highest BCUT2D eigenvalue weighted by Gasteiger charge is 2.33. The quantitative estimate of drug-likeness (QED) is 0.857. The molecule has 4 rings (SSSR count). The van der Waals surface area contributed by atoms with Crippen molar-refractivity contribution in [3.63, 3.8) is 0 Å². The van der Waals surface area contributed by atoms with Crippen LogP contribution in [0.5, 0.6) is 0 Å². The van der Waals surface area contributed by atoms with E-state index in [4.69, 9.17) is 4.74 Å². The van der Waals surface area contributed by atoms with Crippen LogP contribution in [0, 0.1) is 0 Å². The van der Waals surface area contributed by atoms with Gasteiger partial charge in [0.1, 0.15) is 0 Å². The Balaban J connectivity index is 1.37. The van der Waals surface area contributed by atoms with Gasteiger partial charge in [-0.2, -0.15) is 17.4 Å². The fourth-order valence-corrected chi connectivity index (χ4v) is 5.69. The van der Waals surface area contributed by atoms with E-state index in [1.54, 1.807) is 0 Å². The predicted molar refractivity (Wildman–Crippen MR) is 96.7 cm³/mol. The molecular weight excluding hydrogens is 338 g/mol. The molecule has 0 bridgehead atoms. The van der Waals surface area contributed by atoms with Gasteiger partial charge in [-0.25, -0.2) is 0 Å². The summed E-state index contributed by atoms with van der Waals surface area (Å²) < 4.78 is 34.9. The molecule has 2 fully saturated rings. The summed E-state index contributed by atoms with van der Waals surface area (Å²) in [5.41, 5.74) is 2.90.